The van der Waals surface area contributed by atoms with Gasteiger partial charge in [0.05, 0.1) is 10.9 Å². The Hall–Kier alpha value is -2.10. The number of hydrogen-bond acceptors (Lipinski definition) is 6. The van der Waals surface area contributed by atoms with Crippen molar-refractivity contribution in [1.82, 2.24) is 19.7 Å². The van der Waals surface area contributed by atoms with Crippen LogP contribution in [0, 0.1) is 0 Å². The van der Waals surface area contributed by atoms with Crippen molar-refractivity contribution in [1.29, 1.82) is 0 Å². The van der Waals surface area contributed by atoms with Crippen LogP contribution < -0.4 is 10.1 Å². The average Bonchev–Trinajstić information content (AvgIpc) is 3.02. The smallest absolute Gasteiger partial charge is 0.387 e. The molecule has 0 aliphatic rings. The van der Waals surface area contributed by atoms with Crippen molar-refractivity contribution in [2.45, 2.75) is 17.9 Å². The van der Waals surface area contributed by atoms with Crippen LogP contribution in [0.4, 0.5) is 14.6 Å². The number of rotatable bonds is 9. The van der Waals surface area contributed by atoms with E-state index >= 15 is 0 Å². The van der Waals surface area contributed by atoms with E-state index in [2.05, 4.69) is 20.3 Å². The molecule has 0 saturated heterocycles. The third kappa shape index (κ3) is 5.29. The zero-order valence-electron chi connectivity index (χ0n) is 16.3. The molecule has 0 bridgehead atoms. The van der Waals surface area contributed by atoms with Crippen molar-refractivity contribution in [3.63, 3.8) is 0 Å². The average molecular weight is 442 g/mol. The molecule has 0 aliphatic carbocycles. The summed E-state index contributed by atoms with van der Waals surface area (Å²) in [6.45, 7) is -1.31. The summed E-state index contributed by atoms with van der Waals surface area (Å²) in [7, 11) is 4.03. The monoisotopic (exact) mass is 441 g/mol. The predicted octanol–water partition coefficient (Wildman–Crippen LogP) is 4.76. The van der Waals surface area contributed by atoms with Crippen LogP contribution in [0.15, 0.2) is 35.4 Å². The van der Waals surface area contributed by atoms with Gasteiger partial charge in [-0.05, 0) is 51.5 Å². The van der Waals surface area contributed by atoms with Crippen LogP contribution in [0.2, 0.25) is 5.15 Å². The van der Waals surface area contributed by atoms with E-state index in [-0.39, 0.29) is 10.9 Å². The number of anilines is 1. The third-order valence-electron chi connectivity index (χ3n) is 4.22. The van der Waals surface area contributed by atoms with E-state index in [0.29, 0.717) is 23.6 Å². The second kappa shape index (κ2) is 9.60. The molecular weight excluding hydrogens is 420 g/mol. The molecule has 1 N–H and O–H groups in total. The highest BCUT2D eigenvalue weighted by atomic mass is 35.5. The second-order valence-electron chi connectivity index (χ2n) is 6.58. The normalized spacial score (nSPS) is 11.6. The standard InChI is InChI=1S/C19H22ClF2N5OS/c1-26(2)8-4-7-23-18-13-11-24-17(20)10-14(13)27(25-18)15-9-12(29-3)5-6-16(15)28-19(21)22/h5-6,9-11,19H,4,7-8H2,1-3H3,(H,23,25). The number of fused-ring (bicyclic) bond motifs is 1. The Labute approximate surface area is 177 Å². The van der Waals surface area contributed by atoms with Gasteiger partial charge in [-0.3, -0.25) is 0 Å². The van der Waals surface area contributed by atoms with E-state index in [0.717, 1.165) is 23.2 Å². The topological polar surface area (TPSA) is 55.2 Å². The number of aromatic nitrogens is 3. The van der Waals surface area contributed by atoms with Gasteiger partial charge in [0.25, 0.3) is 0 Å². The molecule has 1 aromatic carbocycles. The number of pyridine rings is 1. The van der Waals surface area contributed by atoms with Crippen molar-refractivity contribution in [2.75, 3.05) is 38.8 Å². The highest BCUT2D eigenvalue weighted by Crippen LogP contribution is 2.34. The number of nitrogens with zero attached hydrogens (tertiary/aromatic N) is 4. The highest BCUT2D eigenvalue weighted by Gasteiger charge is 2.18. The Bertz CT molecular complexity index is 983. The molecule has 2 heterocycles. The fraction of sp³-hybridized carbons (Fsp3) is 0.368. The first-order chi connectivity index (χ1) is 13.9. The highest BCUT2D eigenvalue weighted by molar-refractivity contribution is 7.98. The van der Waals surface area contributed by atoms with Gasteiger partial charge in [-0.2, -0.15) is 8.78 Å². The summed E-state index contributed by atoms with van der Waals surface area (Å²) in [5, 5.41) is 8.96. The number of thioether (sulfide) groups is 1. The summed E-state index contributed by atoms with van der Waals surface area (Å²) in [5.41, 5.74) is 1.06. The number of halogens is 3. The largest absolute Gasteiger partial charge is 0.433 e. The van der Waals surface area contributed by atoms with Gasteiger partial charge >= 0.3 is 6.61 Å². The van der Waals surface area contributed by atoms with E-state index in [4.69, 9.17) is 16.3 Å². The van der Waals surface area contributed by atoms with Gasteiger partial charge in [-0.1, -0.05) is 11.6 Å². The van der Waals surface area contributed by atoms with E-state index in [9.17, 15) is 8.78 Å². The second-order valence-corrected chi connectivity index (χ2v) is 7.85. The molecule has 3 aromatic rings. The fourth-order valence-corrected chi connectivity index (χ4v) is 3.47. The van der Waals surface area contributed by atoms with Crippen LogP contribution >= 0.6 is 23.4 Å². The Morgan fingerprint density at radius 1 is 1.31 bits per heavy atom. The van der Waals surface area contributed by atoms with Gasteiger partial charge in [0.15, 0.2) is 11.6 Å². The SMILES string of the molecule is CSc1ccc(OC(F)F)c(-n2nc(NCCCN(C)C)c3cnc(Cl)cc32)c1. The Morgan fingerprint density at radius 3 is 2.79 bits per heavy atom. The Balaban J connectivity index is 2.06. The lowest BCUT2D eigenvalue weighted by Crippen LogP contribution is -2.16. The minimum atomic E-state index is -2.94. The number of ether oxygens (including phenoxy) is 1. The summed E-state index contributed by atoms with van der Waals surface area (Å²) >= 11 is 7.60. The predicted molar refractivity (Wildman–Crippen MR) is 114 cm³/mol. The molecule has 0 aliphatic heterocycles. The van der Waals surface area contributed by atoms with Crippen LogP contribution in [0.3, 0.4) is 0 Å². The van der Waals surface area contributed by atoms with Crippen LogP contribution in [0.25, 0.3) is 16.6 Å². The Kier molecular flexibility index (Phi) is 7.15. The van der Waals surface area contributed by atoms with Crippen LogP contribution in [0.1, 0.15) is 6.42 Å². The van der Waals surface area contributed by atoms with Crippen LogP contribution in [0.5, 0.6) is 5.75 Å². The van der Waals surface area contributed by atoms with Gasteiger partial charge in [-0.15, -0.1) is 16.9 Å². The number of nitrogens with one attached hydrogen (secondary N) is 1. The summed E-state index contributed by atoms with van der Waals surface area (Å²) in [4.78, 5) is 7.14. The maximum Gasteiger partial charge on any atom is 0.387 e. The van der Waals surface area contributed by atoms with E-state index in [1.807, 2.05) is 20.4 Å². The minimum Gasteiger partial charge on any atom is -0.433 e. The van der Waals surface area contributed by atoms with Crippen molar-refractivity contribution in [3.05, 3.63) is 35.6 Å². The first-order valence-electron chi connectivity index (χ1n) is 8.95. The van der Waals surface area contributed by atoms with Crippen LogP contribution in [-0.2, 0) is 0 Å². The lowest BCUT2D eigenvalue weighted by molar-refractivity contribution is -0.0499. The zero-order chi connectivity index (χ0) is 21.0. The number of alkyl halides is 2. The molecule has 3 rings (SSSR count). The van der Waals surface area contributed by atoms with E-state index in [1.54, 1.807) is 29.1 Å². The molecule has 6 nitrogen and oxygen atoms in total. The molecule has 0 spiro atoms. The lowest BCUT2D eigenvalue weighted by Gasteiger charge is -2.13. The molecule has 0 fully saturated rings. The molecule has 0 radical (unpaired) electrons. The van der Waals surface area contributed by atoms with Crippen molar-refractivity contribution < 1.29 is 13.5 Å². The first kappa shape index (κ1) is 21.6. The minimum absolute atomic E-state index is 0.0364. The molecule has 0 unspecified atom stereocenters. The fourth-order valence-electron chi connectivity index (χ4n) is 2.89. The molecule has 29 heavy (non-hydrogen) atoms. The van der Waals surface area contributed by atoms with Crippen LogP contribution in [-0.4, -0.2) is 59.7 Å². The lowest BCUT2D eigenvalue weighted by atomic mass is 10.2. The molecule has 0 amide bonds. The molecule has 0 atom stereocenters. The zero-order valence-corrected chi connectivity index (χ0v) is 17.9. The molecule has 2 aromatic heterocycles. The Morgan fingerprint density at radius 2 is 2.10 bits per heavy atom. The molecule has 10 heteroatoms. The van der Waals surface area contributed by atoms with Gasteiger partial charge in [-0.25, -0.2) is 9.67 Å². The van der Waals surface area contributed by atoms with Crippen molar-refractivity contribution in [2.24, 2.45) is 0 Å². The van der Waals surface area contributed by atoms with E-state index in [1.165, 1.54) is 17.8 Å². The van der Waals surface area contributed by atoms with Crippen molar-refractivity contribution >= 4 is 40.1 Å². The van der Waals surface area contributed by atoms with Gasteiger partial charge in [0.1, 0.15) is 10.8 Å². The van der Waals surface area contributed by atoms with E-state index < -0.39 is 6.61 Å². The summed E-state index contributed by atoms with van der Waals surface area (Å²) in [6.07, 6.45) is 4.46. The molecule has 0 saturated carbocycles. The molecular formula is C19H22ClF2N5OS. The maximum absolute atomic E-state index is 12.9. The van der Waals surface area contributed by atoms with Gasteiger partial charge < -0.3 is 15.0 Å². The molecule has 156 valence electrons. The maximum atomic E-state index is 12.9. The number of hydrogen-bond donors (Lipinski definition) is 1. The third-order valence-corrected chi connectivity index (χ3v) is 5.15. The summed E-state index contributed by atoms with van der Waals surface area (Å²) < 4.78 is 32.2. The summed E-state index contributed by atoms with van der Waals surface area (Å²) in [5.74, 6) is 0.648. The van der Waals surface area contributed by atoms with Gasteiger partial charge in [0.2, 0.25) is 0 Å². The van der Waals surface area contributed by atoms with Gasteiger partial charge in [0, 0.05) is 23.7 Å². The quantitative estimate of drug-likeness (QED) is 0.293. The van der Waals surface area contributed by atoms with Crippen molar-refractivity contribution in [3.8, 4) is 11.4 Å². The number of benzene rings is 1. The summed E-state index contributed by atoms with van der Waals surface area (Å²) in [6, 6.07) is 6.67. The first-order valence-corrected chi connectivity index (χ1v) is 10.6.